The van der Waals surface area contributed by atoms with Crippen molar-refractivity contribution >= 4 is 0 Å². The Morgan fingerprint density at radius 3 is 2.50 bits per heavy atom. The van der Waals surface area contributed by atoms with Gasteiger partial charge in [-0.25, -0.2) is 0 Å². The molecule has 0 amide bonds. The molecule has 0 bridgehead atoms. The number of rotatable bonds is 7. The average Bonchev–Trinajstić information content (AvgIpc) is 2.01. The van der Waals surface area contributed by atoms with E-state index in [1.807, 2.05) is 0 Å². The summed E-state index contributed by atoms with van der Waals surface area (Å²) in [4.78, 5) is 2.23. The SMILES string of the molecule is CCCCNC(C)CCN(C)C. The van der Waals surface area contributed by atoms with Gasteiger partial charge in [0.2, 0.25) is 0 Å². The van der Waals surface area contributed by atoms with E-state index in [0.717, 1.165) is 0 Å². The predicted molar refractivity (Wildman–Crippen MR) is 55.5 cm³/mol. The molecule has 0 aliphatic rings. The van der Waals surface area contributed by atoms with E-state index >= 15 is 0 Å². The Bertz CT molecular complexity index is 91.8. The van der Waals surface area contributed by atoms with Gasteiger partial charge in [-0.2, -0.15) is 0 Å². The Morgan fingerprint density at radius 1 is 1.33 bits per heavy atom. The van der Waals surface area contributed by atoms with Crippen LogP contribution >= 0.6 is 0 Å². The Balaban J connectivity index is 3.15. The second-order valence-electron chi connectivity index (χ2n) is 3.80. The minimum absolute atomic E-state index is 0.666. The zero-order chi connectivity index (χ0) is 9.40. The minimum Gasteiger partial charge on any atom is -0.314 e. The normalized spacial score (nSPS) is 13.8. The van der Waals surface area contributed by atoms with E-state index in [0.29, 0.717) is 6.04 Å². The lowest BCUT2D eigenvalue weighted by atomic mass is 10.2. The van der Waals surface area contributed by atoms with E-state index in [2.05, 4.69) is 38.2 Å². The molecule has 0 aliphatic carbocycles. The maximum Gasteiger partial charge on any atom is 0.00508 e. The molecule has 0 heterocycles. The molecule has 0 spiro atoms. The third kappa shape index (κ3) is 8.02. The molecule has 0 saturated carbocycles. The molecule has 1 atom stereocenters. The molecule has 0 fully saturated rings. The largest absolute Gasteiger partial charge is 0.314 e. The van der Waals surface area contributed by atoms with Gasteiger partial charge >= 0.3 is 0 Å². The molecule has 0 aliphatic heterocycles. The molecule has 2 nitrogen and oxygen atoms in total. The monoisotopic (exact) mass is 172 g/mol. The van der Waals surface area contributed by atoms with Gasteiger partial charge in [-0.1, -0.05) is 13.3 Å². The zero-order valence-electron chi connectivity index (χ0n) is 9.06. The molecular weight excluding hydrogens is 148 g/mol. The van der Waals surface area contributed by atoms with Gasteiger partial charge < -0.3 is 10.2 Å². The van der Waals surface area contributed by atoms with Gasteiger partial charge in [0.25, 0.3) is 0 Å². The first-order valence-corrected chi connectivity index (χ1v) is 5.05. The van der Waals surface area contributed by atoms with Crippen LogP contribution in [0.15, 0.2) is 0 Å². The molecule has 12 heavy (non-hydrogen) atoms. The lowest BCUT2D eigenvalue weighted by molar-refractivity contribution is 0.365. The number of hydrogen-bond donors (Lipinski definition) is 1. The van der Waals surface area contributed by atoms with Crippen LogP contribution < -0.4 is 5.32 Å². The van der Waals surface area contributed by atoms with Crippen molar-refractivity contribution < 1.29 is 0 Å². The fourth-order valence-corrected chi connectivity index (χ4v) is 1.08. The fourth-order valence-electron chi connectivity index (χ4n) is 1.08. The van der Waals surface area contributed by atoms with Crippen LogP contribution in [0.4, 0.5) is 0 Å². The number of nitrogens with zero attached hydrogens (tertiary/aromatic N) is 1. The summed E-state index contributed by atoms with van der Waals surface area (Å²) < 4.78 is 0. The van der Waals surface area contributed by atoms with Crippen molar-refractivity contribution in [3.05, 3.63) is 0 Å². The van der Waals surface area contributed by atoms with E-state index < -0.39 is 0 Å². The van der Waals surface area contributed by atoms with Crippen LogP contribution in [0.3, 0.4) is 0 Å². The minimum atomic E-state index is 0.666. The van der Waals surface area contributed by atoms with Gasteiger partial charge in [0.15, 0.2) is 0 Å². The van der Waals surface area contributed by atoms with Crippen molar-refractivity contribution in [2.45, 2.75) is 39.2 Å². The van der Waals surface area contributed by atoms with Crippen molar-refractivity contribution in [2.24, 2.45) is 0 Å². The van der Waals surface area contributed by atoms with Gasteiger partial charge in [0, 0.05) is 6.04 Å². The number of hydrogen-bond acceptors (Lipinski definition) is 2. The third-order valence-corrected chi connectivity index (χ3v) is 2.03. The molecular formula is C10H24N2. The first-order chi connectivity index (χ1) is 5.66. The van der Waals surface area contributed by atoms with Gasteiger partial charge in [0.1, 0.15) is 0 Å². The van der Waals surface area contributed by atoms with Crippen LogP contribution in [0.1, 0.15) is 33.1 Å². The van der Waals surface area contributed by atoms with E-state index in [4.69, 9.17) is 0 Å². The molecule has 1 N–H and O–H groups in total. The second kappa shape index (κ2) is 7.56. The fraction of sp³-hybridized carbons (Fsp3) is 1.00. The highest BCUT2D eigenvalue weighted by molar-refractivity contribution is 4.61. The standard InChI is InChI=1S/C10H24N2/c1-5-6-8-11-10(2)7-9-12(3)4/h10-11H,5-9H2,1-4H3. The van der Waals surface area contributed by atoms with Gasteiger partial charge in [0.05, 0.1) is 0 Å². The Hall–Kier alpha value is -0.0800. The summed E-state index contributed by atoms with van der Waals surface area (Å²) >= 11 is 0. The summed E-state index contributed by atoms with van der Waals surface area (Å²) in [5.41, 5.74) is 0. The van der Waals surface area contributed by atoms with E-state index in [1.165, 1.54) is 32.4 Å². The molecule has 0 saturated heterocycles. The first kappa shape index (κ1) is 11.9. The molecule has 0 radical (unpaired) electrons. The van der Waals surface area contributed by atoms with Gasteiger partial charge in [-0.15, -0.1) is 0 Å². The third-order valence-electron chi connectivity index (χ3n) is 2.03. The van der Waals surface area contributed by atoms with E-state index in [-0.39, 0.29) is 0 Å². The Morgan fingerprint density at radius 2 is 2.00 bits per heavy atom. The summed E-state index contributed by atoms with van der Waals surface area (Å²) in [6.45, 7) is 6.84. The van der Waals surface area contributed by atoms with Crippen LogP contribution in [0, 0.1) is 0 Å². The molecule has 1 unspecified atom stereocenters. The highest BCUT2D eigenvalue weighted by atomic mass is 15.1. The van der Waals surface area contributed by atoms with Crippen molar-refractivity contribution in [3.63, 3.8) is 0 Å². The van der Waals surface area contributed by atoms with Crippen LogP contribution in [-0.2, 0) is 0 Å². The summed E-state index contributed by atoms with van der Waals surface area (Å²) in [6, 6.07) is 0.666. The first-order valence-electron chi connectivity index (χ1n) is 5.05. The highest BCUT2D eigenvalue weighted by Gasteiger charge is 2.00. The molecule has 0 aromatic carbocycles. The van der Waals surface area contributed by atoms with Crippen molar-refractivity contribution in [1.82, 2.24) is 10.2 Å². The van der Waals surface area contributed by atoms with Crippen molar-refractivity contribution in [2.75, 3.05) is 27.2 Å². The maximum atomic E-state index is 3.51. The second-order valence-corrected chi connectivity index (χ2v) is 3.80. The molecule has 2 heteroatoms. The average molecular weight is 172 g/mol. The summed E-state index contributed by atoms with van der Waals surface area (Å²) in [7, 11) is 4.25. The smallest absolute Gasteiger partial charge is 0.00508 e. The highest BCUT2D eigenvalue weighted by Crippen LogP contribution is 1.93. The predicted octanol–water partition coefficient (Wildman–Crippen LogP) is 1.72. The van der Waals surface area contributed by atoms with E-state index in [1.54, 1.807) is 0 Å². The lowest BCUT2D eigenvalue weighted by Crippen LogP contribution is -2.30. The van der Waals surface area contributed by atoms with Crippen LogP contribution in [0.25, 0.3) is 0 Å². The summed E-state index contributed by atoms with van der Waals surface area (Å²) in [5.74, 6) is 0. The lowest BCUT2D eigenvalue weighted by Gasteiger charge is -2.16. The topological polar surface area (TPSA) is 15.3 Å². The van der Waals surface area contributed by atoms with Crippen molar-refractivity contribution in [3.8, 4) is 0 Å². The van der Waals surface area contributed by atoms with Gasteiger partial charge in [-0.05, 0) is 47.0 Å². The summed E-state index contributed by atoms with van der Waals surface area (Å²) in [5, 5.41) is 3.51. The van der Waals surface area contributed by atoms with Crippen LogP contribution in [-0.4, -0.2) is 38.1 Å². The van der Waals surface area contributed by atoms with Crippen LogP contribution in [0.2, 0.25) is 0 Å². The van der Waals surface area contributed by atoms with Crippen LogP contribution in [0.5, 0.6) is 0 Å². The zero-order valence-corrected chi connectivity index (χ0v) is 9.06. The van der Waals surface area contributed by atoms with E-state index in [9.17, 15) is 0 Å². The number of unbranched alkanes of at least 4 members (excludes halogenated alkanes) is 1. The Kier molecular flexibility index (Phi) is 7.51. The van der Waals surface area contributed by atoms with Crippen molar-refractivity contribution in [1.29, 1.82) is 0 Å². The summed E-state index contributed by atoms with van der Waals surface area (Å²) in [6.07, 6.45) is 3.83. The quantitative estimate of drug-likeness (QED) is 0.588. The molecule has 0 rings (SSSR count). The Labute approximate surface area is 77.3 Å². The molecule has 74 valence electrons. The maximum absolute atomic E-state index is 3.51. The molecule has 0 aromatic heterocycles. The molecule has 0 aromatic rings. The van der Waals surface area contributed by atoms with Gasteiger partial charge in [-0.3, -0.25) is 0 Å². The number of nitrogens with one attached hydrogen (secondary N) is 1.